The second-order valence-electron chi connectivity index (χ2n) is 6.32. The molecule has 1 amide bonds. The quantitative estimate of drug-likeness (QED) is 0.644. The smallest absolute Gasteiger partial charge is 0.248 e. The molecule has 1 N–H and O–H groups in total. The van der Waals surface area contributed by atoms with E-state index >= 15 is 0 Å². The fourth-order valence-electron chi connectivity index (χ4n) is 2.81. The largest absolute Gasteiger partial charge is 0.323 e. The van der Waals surface area contributed by atoms with Crippen LogP contribution in [0.1, 0.15) is 11.1 Å². The van der Waals surface area contributed by atoms with Crippen molar-refractivity contribution in [2.24, 2.45) is 7.05 Å². The van der Waals surface area contributed by atoms with Gasteiger partial charge in [0, 0.05) is 52.7 Å². The Hall–Kier alpha value is -3.06. The number of benzene rings is 2. The van der Waals surface area contributed by atoms with Gasteiger partial charge in [0.05, 0.1) is 11.9 Å². The maximum atomic E-state index is 13.2. The third-order valence-electron chi connectivity index (χ3n) is 4.09. The number of hydrogen-bond acceptors (Lipinski definition) is 3. The van der Waals surface area contributed by atoms with Gasteiger partial charge in [-0.3, -0.25) is 13.7 Å². The molecule has 0 spiro atoms. The zero-order valence-corrected chi connectivity index (χ0v) is 16.4. The molecule has 7 heteroatoms. The lowest BCUT2D eigenvalue weighted by Crippen LogP contribution is -2.07. The van der Waals surface area contributed by atoms with E-state index in [0.29, 0.717) is 11.4 Å². The van der Waals surface area contributed by atoms with Crippen molar-refractivity contribution in [3.63, 3.8) is 0 Å². The summed E-state index contributed by atoms with van der Waals surface area (Å²) in [7, 11) is 0.890. The molecule has 0 bridgehead atoms. The molecule has 3 aromatic rings. The molecule has 1 unspecified atom stereocenters. The van der Waals surface area contributed by atoms with E-state index in [1.165, 1.54) is 18.2 Å². The Kier molecular flexibility index (Phi) is 6.16. The number of amides is 1. The van der Waals surface area contributed by atoms with Gasteiger partial charge >= 0.3 is 0 Å². The number of rotatable bonds is 6. The van der Waals surface area contributed by atoms with Gasteiger partial charge in [0.25, 0.3) is 0 Å². The minimum atomic E-state index is -0.903. The predicted octanol–water partition coefficient (Wildman–Crippen LogP) is 3.76. The topological polar surface area (TPSA) is 64.0 Å². The van der Waals surface area contributed by atoms with Crippen LogP contribution in [0.5, 0.6) is 0 Å². The second kappa shape index (κ2) is 8.75. The number of nitrogens with zero attached hydrogens (tertiary/aromatic N) is 2. The molecule has 0 fully saturated rings. The number of nitrogens with one attached hydrogen (secondary N) is 1. The van der Waals surface area contributed by atoms with E-state index in [1.807, 2.05) is 12.1 Å². The molecule has 1 atom stereocenters. The summed E-state index contributed by atoms with van der Waals surface area (Å²) in [6.07, 6.45) is 6.41. The summed E-state index contributed by atoms with van der Waals surface area (Å²) in [5, 5.41) is 7.01. The van der Waals surface area contributed by atoms with Crippen molar-refractivity contribution in [1.29, 1.82) is 0 Å². The van der Waals surface area contributed by atoms with Crippen LogP contribution < -0.4 is 5.32 Å². The van der Waals surface area contributed by atoms with Crippen LogP contribution in [0, 0.1) is 5.82 Å². The van der Waals surface area contributed by atoms with Gasteiger partial charge in [-0.1, -0.05) is 12.1 Å². The van der Waals surface area contributed by atoms with E-state index in [0.717, 1.165) is 22.4 Å². The summed E-state index contributed by atoms with van der Waals surface area (Å²) in [6, 6.07) is 13.4. The van der Waals surface area contributed by atoms with Crippen LogP contribution in [0.4, 0.5) is 10.1 Å². The Morgan fingerprint density at radius 1 is 1.18 bits per heavy atom. The van der Waals surface area contributed by atoms with Gasteiger partial charge in [0.15, 0.2) is 0 Å². The Morgan fingerprint density at radius 2 is 1.86 bits per heavy atom. The van der Waals surface area contributed by atoms with Gasteiger partial charge in [-0.15, -0.1) is 0 Å². The van der Waals surface area contributed by atoms with Crippen molar-refractivity contribution in [3.05, 3.63) is 77.7 Å². The SMILES string of the molecule is Cn1ncc(C=CC(=O)Nc2ccc(CS(C)=O)cc2)c1-c1ccc(F)cc1. The van der Waals surface area contributed by atoms with E-state index < -0.39 is 10.8 Å². The molecular weight excluding hydrogens is 377 g/mol. The molecule has 0 aliphatic rings. The third-order valence-corrected chi connectivity index (χ3v) is 4.83. The molecule has 28 heavy (non-hydrogen) atoms. The zero-order valence-electron chi connectivity index (χ0n) is 15.6. The highest BCUT2D eigenvalue weighted by atomic mass is 32.2. The van der Waals surface area contributed by atoms with Gasteiger partial charge < -0.3 is 5.32 Å². The van der Waals surface area contributed by atoms with Crippen LogP contribution in [0.25, 0.3) is 17.3 Å². The Labute approximate surface area is 165 Å². The van der Waals surface area contributed by atoms with Crippen molar-refractivity contribution in [2.45, 2.75) is 5.75 Å². The zero-order chi connectivity index (χ0) is 20.1. The first kappa shape index (κ1) is 19.7. The second-order valence-corrected chi connectivity index (χ2v) is 7.75. The highest BCUT2D eigenvalue weighted by molar-refractivity contribution is 7.83. The van der Waals surface area contributed by atoms with Crippen molar-refractivity contribution in [3.8, 4) is 11.3 Å². The van der Waals surface area contributed by atoms with Gasteiger partial charge in [-0.05, 0) is 48.0 Å². The maximum Gasteiger partial charge on any atom is 0.248 e. The first-order valence-electron chi connectivity index (χ1n) is 8.58. The molecule has 0 aliphatic carbocycles. The molecule has 0 saturated carbocycles. The van der Waals surface area contributed by atoms with E-state index in [4.69, 9.17) is 0 Å². The predicted molar refractivity (Wildman–Crippen MR) is 110 cm³/mol. The molecule has 0 radical (unpaired) electrons. The van der Waals surface area contributed by atoms with Crippen LogP contribution in [0.3, 0.4) is 0 Å². The molecule has 1 aromatic heterocycles. The highest BCUT2D eigenvalue weighted by Gasteiger charge is 2.09. The Morgan fingerprint density at radius 3 is 2.50 bits per heavy atom. The highest BCUT2D eigenvalue weighted by Crippen LogP contribution is 2.24. The number of carbonyl (C=O) groups is 1. The molecule has 5 nitrogen and oxygen atoms in total. The van der Waals surface area contributed by atoms with Crippen LogP contribution >= 0.6 is 0 Å². The van der Waals surface area contributed by atoms with Crippen LogP contribution in [0.2, 0.25) is 0 Å². The molecule has 0 aliphatic heterocycles. The summed E-state index contributed by atoms with van der Waals surface area (Å²) in [4.78, 5) is 12.2. The van der Waals surface area contributed by atoms with Gasteiger partial charge in [0.1, 0.15) is 5.82 Å². The summed E-state index contributed by atoms with van der Waals surface area (Å²) in [5.41, 5.74) is 3.97. The molecule has 0 saturated heterocycles. The lowest BCUT2D eigenvalue weighted by atomic mass is 10.1. The average Bonchev–Trinajstić information content (AvgIpc) is 3.02. The van der Waals surface area contributed by atoms with Gasteiger partial charge in [-0.25, -0.2) is 4.39 Å². The van der Waals surface area contributed by atoms with Crippen LogP contribution in [0.15, 0.2) is 60.8 Å². The van der Waals surface area contributed by atoms with Crippen molar-refractivity contribution in [1.82, 2.24) is 9.78 Å². The number of hydrogen-bond donors (Lipinski definition) is 1. The number of aromatic nitrogens is 2. The van der Waals surface area contributed by atoms with Crippen molar-refractivity contribution >= 4 is 28.5 Å². The van der Waals surface area contributed by atoms with Crippen molar-refractivity contribution < 1.29 is 13.4 Å². The number of halogens is 1. The van der Waals surface area contributed by atoms with Crippen LogP contribution in [-0.4, -0.2) is 26.2 Å². The third kappa shape index (κ3) is 5.01. The lowest BCUT2D eigenvalue weighted by Gasteiger charge is -2.05. The fraction of sp³-hybridized carbons (Fsp3) is 0.143. The van der Waals surface area contributed by atoms with E-state index in [2.05, 4.69) is 10.4 Å². The average molecular weight is 397 g/mol. The Bertz CT molecular complexity index is 1020. The summed E-state index contributed by atoms with van der Waals surface area (Å²) < 4.78 is 26.1. The summed E-state index contributed by atoms with van der Waals surface area (Å²) in [6.45, 7) is 0. The standard InChI is InChI=1S/C21H20FN3O2S/c1-25-21(16-5-8-18(22)9-6-16)17(13-23-25)7-12-20(26)24-19-10-3-15(4-11-19)14-28(2)27/h3-13H,14H2,1-2H3,(H,24,26). The molecule has 2 aromatic carbocycles. The summed E-state index contributed by atoms with van der Waals surface area (Å²) in [5.74, 6) is -0.0966. The Balaban J connectivity index is 1.71. The lowest BCUT2D eigenvalue weighted by molar-refractivity contribution is -0.111. The van der Waals surface area contributed by atoms with Crippen LogP contribution in [-0.2, 0) is 28.4 Å². The number of carbonyl (C=O) groups excluding carboxylic acids is 1. The number of anilines is 1. The molecular formula is C21H20FN3O2S. The normalized spacial score (nSPS) is 12.2. The first-order chi connectivity index (χ1) is 13.4. The minimum absolute atomic E-state index is 0.277. The van der Waals surface area contributed by atoms with E-state index in [1.54, 1.807) is 54.5 Å². The van der Waals surface area contributed by atoms with Crippen molar-refractivity contribution in [2.75, 3.05) is 11.6 Å². The molecule has 144 valence electrons. The monoisotopic (exact) mass is 397 g/mol. The first-order valence-corrected chi connectivity index (χ1v) is 10.3. The maximum absolute atomic E-state index is 13.2. The van der Waals surface area contributed by atoms with Gasteiger partial charge in [0.2, 0.25) is 5.91 Å². The fourth-order valence-corrected chi connectivity index (χ4v) is 3.47. The van der Waals surface area contributed by atoms with Gasteiger partial charge in [-0.2, -0.15) is 5.10 Å². The van der Waals surface area contributed by atoms with E-state index in [-0.39, 0.29) is 11.7 Å². The minimum Gasteiger partial charge on any atom is -0.323 e. The number of aryl methyl sites for hydroxylation is 1. The van der Waals surface area contributed by atoms with E-state index in [9.17, 15) is 13.4 Å². The molecule has 3 rings (SSSR count). The molecule has 1 heterocycles. The summed E-state index contributed by atoms with van der Waals surface area (Å²) >= 11 is 0.